The molecule has 1 unspecified atom stereocenters. The molecule has 0 saturated carbocycles. The number of methoxy groups -OCH3 is 2. The SMILES string of the molecule is CCCNCC(CC)Oc1c(OC)cccc1OC. The number of ether oxygens (including phenoxy) is 3. The average molecular weight is 267 g/mol. The number of rotatable bonds is 9. The minimum absolute atomic E-state index is 0.108. The summed E-state index contributed by atoms with van der Waals surface area (Å²) in [6.07, 6.45) is 2.16. The van der Waals surface area contributed by atoms with Crippen LogP contribution in [-0.2, 0) is 0 Å². The number of nitrogens with one attached hydrogen (secondary N) is 1. The van der Waals surface area contributed by atoms with Gasteiger partial charge in [-0.1, -0.05) is 19.9 Å². The maximum Gasteiger partial charge on any atom is 0.203 e. The van der Waals surface area contributed by atoms with Crippen molar-refractivity contribution >= 4 is 0 Å². The first-order chi connectivity index (χ1) is 9.26. The third kappa shape index (κ3) is 4.63. The molecule has 19 heavy (non-hydrogen) atoms. The van der Waals surface area contributed by atoms with Gasteiger partial charge in [0.25, 0.3) is 0 Å². The molecule has 1 aromatic rings. The van der Waals surface area contributed by atoms with Crippen molar-refractivity contribution in [2.24, 2.45) is 0 Å². The van der Waals surface area contributed by atoms with E-state index < -0.39 is 0 Å². The zero-order valence-corrected chi connectivity index (χ0v) is 12.4. The molecule has 0 heterocycles. The number of hydrogen-bond donors (Lipinski definition) is 1. The average Bonchev–Trinajstić information content (AvgIpc) is 2.46. The third-order valence-electron chi connectivity index (χ3n) is 2.92. The van der Waals surface area contributed by atoms with E-state index in [9.17, 15) is 0 Å². The van der Waals surface area contributed by atoms with Crippen molar-refractivity contribution in [2.75, 3.05) is 27.3 Å². The van der Waals surface area contributed by atoms with Crippen LogP contribution in [-0.4, -0.2) is 33.4 Å². The topological polar surface area (TPSA) is 39.7 Å². The quantitative estimate of drug-likeness (QED) is 0.698. The van der Waals surface area contributed by atoms with Crippen molar-refractivity contribution in [1.29, 1.82) is 0 Å². The highest BCUT2D eigenvalue weighted by Gasteiger charge is 2.16. The molecule has 0 bridgehead atoms. The van der Waals surface area contributed by atoms with Crippen LogP contribution in [0.25, 0.3) is 0 Å². The van der Waals surface area contributed by atoms with Gasteiger partial charge < -0.3 is 19.5 Å². The van der Waals surface area contributed by atoms with E-state index in [0.717, 1.165) is 25.9 Å². The molecule has 0 spiro atoms. The maximum absolute atomic E-state index is 6.04. The van der Waals surface area contributed by atoms with Crippen molar-refractivity contribution in [2.45, 2.75) is 32.8 Å². The van der Waals surface area contributed by atoms with E-state index in [0.29, 0.717) is 17.2 Å². The van der Waals surface area contributed by atoms with Gasteiger partial charge in [0.1, 0.15) is 6.10 Å². The summed E-state index contributed by atoms with van der Waals surface area (Å²) in [4.78, 5) is 0. The fourth-order valence-corrected chi connectivity index (χ4v) is 1.81. The molecule has 0 saturated heterocycles. The first kappa shape index (κ1) is 15.6. The van der Waals surface area contributed by atoms with Crippen LogP contribution >= 0.6 is 0 Å². The van der Waals surface area contributed by atoms with Crippen LogP contribution in [0.5, 0.6) is 17.2 Å². The zero-order valence-electron chi connectivity index (χ0n) is 12.4. The lowest BCUT2D eigenvalue weighted by molar-refractivity contribution is 0.178. The van der Waals surface area contributed by atoms with Crippen LogP contribution in [0.4, 0.5) is 0 Å². The second-order valence-corrected chi connectivity index (χ2v) is 4.34. The molecule has 1 rings (SSSR count). The van der Waals surface area contributed by atoms with Gasteiger partial charge in [-0.05, 0) is 31.5 Å². The lowest BCUT2D eigenvalue weighted by Crippen LogP contribution is -2.31. The maximum atomic E-state index is 6.04. The van der Waals surface area contributed by atoms with E-state index >= 15 is 0 Å². The molecule has 0 aliphatic heterocycles. The van der Waals surface area contributed by atoms with Crippen LogP contribution in [0, 0.1) is 0 Å². The largest absolute Gasteiger partial charge is 0.493 e. The summed E-state index contributed by atoms with van der Waals surface area (Å²) in [5, 5.41) is 3.37. The smallest absolute Gasteiger partial charge is 0.203 e. The Bertz CT molecular complexity index is 346. The van der Waals surface area contributed by atoms with Gasteiger partial charge in [0.2, 0.25) is 5.75 Å². The highest BCUT2D eigenvalue weighted by molar-refractivity contribution is 5.51. The summed E-state index contributed by atoms with van der Waals surface area (Å²) in [5.41, 5.74) is 0. The molecular formula is C15H25NO3. The molecule has 0 aliphatic carbocycles. The highest BCUT2D eigenvalue weighted by Crippen LogP contribution is 2.37. The molecule has 108 valence electrons. The summed E-state index contributed by atoms with van der Waals surface area (Å²) >= 11 is 0. The minimum Gasteiger partial charge on any atom is -0.493 e. The van der Waals surface area contributed by atoms with E-state index in [1.54, 1.807) is 14.2 Å². The van der Waals surface area contributed by atoms with E-state index in [1.807, 2.05) is 18.2 Å². The van der Waals surface area contributed by atoms with Gasteiger partial charge in [-0.2, -0.15) is 0 Å². The van der Waals surface area contributed by atoms with Gasteiger partial charge in [-0.25, -0.2) is 0 Å². The van der Waals surface area contributed by atoms with Crippen molar-refractivity contribution in [3.63, 3.8) is 0 Å². The van der Waals surface area contributed by atoms with Gasteiger partial charge in [-0.15, -0.1) is 0 Å². The van der Waals surface area contributed by atoms with E-state index in [-0.39, 0.29) is 6.10 Å². The molecule has 1 N–H and O–H groups in total. The molecule has 4 heteroatoms. The molecule has 0 radical (unpaired) electrons. The van der Waals surface area contributed by atoms with Gasteiger partial charge in [0.05, 0.1) is 14.2 Å². The number of para-hydroxylation sites is 1. The number of benzene rings is 1. The fraction of sp³-hybridized carbons (Fsp3) is 0.600. The Morgan fingerprint density at radius 1 is 1.11 bits per heavy atom. The highest BCUT2D eigenvalue weighted by atomic mass is 16.5. The predicted molar refractivity (Wildman–Crippen MR) is 77.4 cm³/mol. The molecule has 0 aliphatic rings. The van der Waals surface area contributed by atoms with Crippen LogP contribution in [0.3, 0.4) is 0 Å². The van der Waals surface area contributed by atoms with Crippen LogP contribution in [0.2, 0.25) is 0 Å². The van der Waals surface area contributed by atoms with Gasteiger partial charge in [0, 0.05) is 6.54 Å². The monoisotopic (exact) mass is 267 g/mol. The molecule has 0 amide bonds. The lowest BCUT2D eigenvalue weighted by Gasteiger charge is -2.21. The van der Waals surface area contributed by atoms with Crippen molar-refractivity contribution in [3.05, 3.63) is 18.2 Å². The molecule has 1 aromatic carbocycles. The van der Waals surface area contributed by atoms with Gasteiger partial charge >= 0.3 is 0 Å². The Hall–Kier alpha value is -1.42. The summed E-state index contributed by atoms with van der Waals surface area (Å²) in [6.45, 7) is 6.09. The summed E-state index contributed by atoms with van der Waals surface area (Å²) in [5.74, 6) is 2.08. The fourth-order valence-electron chi connectivity index (χ4n) is 1.81. The zero-order chi connectivity index (χ0) is 14.1. The lowest BCUT2D eigenvalue weighted by atomic mass is 10.2. The molecule has 4 nitrogen and oxygen atoms in total. The van der Waals surface area contributed by atoms with Crippen molar-refractivity contribution in [1.82, 2.24) is 5.32 Å². The number of hydrogen-bond acceptors (Lipinski definition) is 4. The minimum atomic E-state index is 0.108. The van der Waals surface area contributed by atoms with E-state index in [2.05, 4.69) is 19.2 Å². The van der Waals surface area contributed by atoms with Crippen molar-refractivity contribution in [3.8, 4) is 17.2 Å². The Labute approximate surface area is 116 Å². The second-order valence-electron chi connectivity index (χ2n) is 4.34. The Kier molecular flexibility index (Phi) is 7.11. The normalized spacial score (nSPS) is 12.0. The Morgan fingerprint density at radius 3 is 2.21 bits per heavy atom. The molecule has 1 atom stereocenters. The van der Waals surface area contributed by atoms with Crippen LogP contribution in [0.15, 0.2) is 18.2 Å². The molecular weight excluding hydrogens is 242 g/mol. The third-order valence-corrected chi connectivity index (χ3v) is 2.92. The van der Waals surface area contributed by atoms with E-state index in [1.165, 1.54) is 0 Å². The van der Waals surface area contributed by atoms with Crippen LogP contribution in [0.1, 0.15) is 26.7 Å². The Balaban J connectivity index is 2.77. The second kappa shape index (κ2) is 8.64. The van der Waals surface area contributed by atoms with E-state index in [4.69, 9.17) is 14.2 Å². The van der Waals surface area contributed by atoms with Gasteiger partial charge in [0.15, 0.2) is 11.5 Å². The standard InChI is InChI=1S/C15H25NO3/c1-5-10-16-11-12(6-2)19-15-13(17-3)8-7-9-14(15)18-4/h7-9,12,16H,5-6,10-11H2,1-4H3. The predicted octanol–water partition coefficient (Wildman–Crippen LogP) is 2.86. The summed E-state index contributed by atoms with van der Waals surface area (Å²) in [7, 11) is 3.27. The Morgan fingerprint density at radius 2 is 1.74 bits per heavy atom. The molecule has 0 fully saturated rings. The first-order valence-electron chi connectivity index (χ1n) is 6.85. The van der Waals surface area contributed by atoms with Gasteiger partial charge in [-0.3, -0.25) is 0 Å². The van der Waals surface area contributed by atoms with Crippen LogP contribution < -0.4 is 19.5 Å². The summed E-state index contributed by atoms with van der Waals surface area (Å²) in [6, 6.07) is 5.65. The summed E-state index contributed by atoms with van der Waals surface area (Å²) < 4.78 is 16.7. The molecule has 0 aromatic heterocycles. The first-order valence-corrected chi connectivity index (χ1v) is 6.85. The van der Waals surface area contributed by atoms with Crippen molar-refractivity contribution < 1.29 is 14.2 Å².